The van der Waals surface area contributed by atoms with Crippen LogP contribution in [0.25, 0.3) is 11.0 Å². The van der Waals surface area contributed by atoms with Crippen LogP contribution in [-0.2, 0) is 31.6 Å². The van der Waals surface area contributed by atoms with E-state index in [1.807, 2.05) is 4.98 Å². The Balaban J connectivity index is 1.98. The molecule has 23 heteroatoms. The highest BCUT2D eigenvalue weighted by Crippen LogP contribution is 2.66. The number of phosphoric acid groups is 3. The number of anilines is 1. The lowest BCUT2D eigenvalue weighted by atomic mass is 9.95. The minimum Gasteiger partial charge on any atom is -0.387 e. The van der Waals surface area contributed by atoms with Gasteiger partial charge in [-0.1, -0.05) is 0 Å². The number of aliphatic hydroxyl groups excluding tert-OH is 1. The lowest BCUT2D eigenvalue weighted by Gasteiger charge is -2.28. The molecule has 198 valence electrons. The van der Waals surface area contributed by atoms with E-state index < -0.39 is 89.1 Å². The first-order valence-corrected chi connectivity index (χ1v) is 13.2. The maximum absolute atomic E-state index is 14.4. The summed E-state index contributed by atoms with van der Waals surface area (Å²) < 4.78 is 94.7. The third kappa shape index (κ3) is 5.86. The minimum absolute atomic E-state index is 0.463. The highest BCUT2D eigenvalue weighted by atomic mass is 31.3. The first-order chi connectivity index (χ1) is 16.6. The first-order valence-electron chi connectivity index (χ1n) is 9.65. The maximum Gasteiger partial charge on any atom is 0.490 e. The van der Waals surface area contributed by atoms with E-state index in [1.54, 1.807) is 0 Å². The number of fused-ring (bicyclic) bond motifs is 1. The average Bonchev–Trinajstić information content (AvgIpc) is 3.12. The molecule has 0 amide bonds. The number of nitrogens with one attached hydrogen (secondary N) is 1. The number of halogens is 2. The summed E-state index contributed by atoms with van der Waals surface area (Å²) in [6.45, 7) is -5.75. The van der Waals surface area contributed by atoms with Crippen molar-refractivity contribution in [3.8, 4) is 0 Å². The Kier molecular flexibility index (Phi) is 6.69. The van der Waals surface area contributed by atoms with E-state index in [1.165, 1.54) is 0 Å². The minimum atomic E-state index is -6.15. The van der Waals surface area contributed by atoms with Crippen LogP contribution in [0.3, 0.4) is 0 Å². The van der Waals surface area contributed by atoms with Crippen molar-refractivity contribution in [2.24, 2.45) is 0 Å². The zero-order valence-electron chi connectivity index (χ0n) is 18.5. The molecule has 0 aromatic carbocycles. The number of alkyl halides is 1. The normalized spacial score (nSPS) is 30.0. The molecule has 0 radical (unpaired) electrons. The molecule has 1 aliphatic rings. The summed E-state index contributed by atoms with van der Waals surface area (Å²) in [5.41, 5.74) is 0.475. The van der Waals surface area contributed by atoms with Crippen molar-refractivity contribution in [3.63, 3.8) is 0 Å². The molecule has 0 bridgehead atoms. The third-order valence-corrected chi connectivity index (χ3v) is 7.99. The smallest absolute Gasteiger partial charge is 0.387 e. The van der Waals surface area contributed by atoms with Crippen LogP contribution in [0.5, 0.6) is 0 Å². The molecule has 1 saturated heterocycles. The monoisotopic (exact) mass is 574 g/mol. The van der Waals surface area contributed by atoms with Crippen molar-refractivity contribution < 1.29 is 72.9 Å². The third-order valence-electron chi connectivity index (χ3n) is 4.32. The second-order valence-electron chi connectivity index (χ2n) is 6.81. The highest BCUT2D eigenvalue weighted by Gasteiger charge is 2.57. The summed E-state index contributed by atoms with van der Waals surface area (Å²) in [5, 5.41) is 20.4. The molecule has 0 aliphatic carbocycles. The number of hydrogen-bond donors (Lipinski definition) is 8. The number of rotatable bonds is 9. The molecule has 2 aromatic rings. The van der Waals surface area contributed by atoms with Crippen LogP contribution in [0.2, 0.25) is 0 Å². The topological polar surface area (TPSA) is 286 Å². The fraction of sp³-hybridized carbons (Fsp3) is 0.500. The molecule has 3 unspecified atom stereocenters. The van der Waals surface area contributed by atoms with Crippen molar-refractivity contribution in [1.82, 2.24) is 14.5 Å². The van der Waals surface area contributed by atoms with Crippen molar-refractivity contribution in [1.29, 1.82) is 0 Å². The van der Waals surface area contributed by atoms with Gasteiger partial charge in [-0.3, -0.25) is 18.9 Å². The predicted octanol–water partition coefficient (Wildman–Crippen LogP) is -1.25. The second kappa shape index (κ2) is 9.35. The maximum atomic E-state index is 14.4. The summed E-state index contributed by atoms with van der Waals surface area (Å²) in [6.07, 6.45) is -7.17. The molecule has 9 N–H and O–H groups in total. The summed E-state index contributed by atoms with van der Waals surface area (Å²) >= 11 is 0. The van der Waals surface area contributed by atoms with Gasteiger partial charge in [0.1, 0.15) is 24.3 Å². The second-order valence-corrected chi connectivity index (χ2v) is 11.2. The van der Waals surface area contributed by atoms with Gasteiger partial charge in [-0.05, 0) is 0 Å². The fourth-order valence-corrected chi connectivity index (χ4v) is 5.88. The number of aromatic nitrogens is 3. The van der Waals surface area contributed by atoms with Gasteiger partial charge in [0.15, 0.2) is 23.3 Å². The van der Waals surface area contributed by atoms with E-state index in [2.05, 4.69) is 18.1 Å². The van der Waals surface area contributed by atoms with E-state index in [0.29, 0.717) is 10.8 Å². The molecule has 0 spiro atoms. The first kappa shape index (κ1) is 25.0. The van der Waals surface area contributed by atoms with E-state index >= 15 is 0 Å². The van der Waals surface area contributed by atoms with Crippen LogP contribution in [0.15, 0.2) is 11.0 Å². The molecule has 35 heavy (non-hydrogen) atoms. The summed E-state index contributed by atoms with van der Waals surface area (Å²) in [7, 11) is -18.0. The van der Waals surface area contributed by atoms with Crippen LogP contribution in [0, 0.1) is 5.82 Å². The van der Waals surface area contributed by atoms with Gasteiger partial charge in [0, 0.05) is 6.20 Å². The van der Waals surface area contributed by atoms with Crippen molar-refractivity contribution in [2.75, 3.05) is 19.0 Å². The highest BCUT2D eigenvalue weighted by molar-refractivity contribution is 7.66. The summed E-state index contributed by atoms with van der Waals surface area (Å²) in [4.78, 5) is 53.5. The number of ether oxygens (including phenoxy) is 1. The Labute approximate surface area is 194 Å². The summed E-state index contributed by atoms with van der Waals surface area (Å²) in [6, 6.07) is 0. The number of nitrogens with zero attached hydrogens (tertiary/aromatic N) is 2. The van der Waals surface area contributed by atoms with Crippen molar-refractivity contribution >= 4 is 40.4 Å². The number of nitrogens with two attached hydrogens (primary N) is 1. The Morgan fingerprint density at radius 2 is 1.91 bits per heavy atom. The van der Waals surface area contributed by atoms with Crippen molar-refractivity contribution in [3.05, 3.63) is 22.4 Å². The van der Waals surface area contributed by atoms with Gasteiger partial charge >= 0.3 is 23.5 Å². The van der Waals surface area contributed by atoms with Crippen LogP contribution < -0.4 is 11.3 Å². The van der Waals surface area contributed by atoms with E-state index in [-0.39, 0.29) is 0 Å². The molecule has 0 saturated carbocycles. The number of aliphatic hydroxyl groups is 2. The molecule has 1 fully saturated rings. The average molecular weight is 574 g/mol. The molecule has 6 atom stereocenters. The van der Waals surface area contributed by atoms with Gasteiger partial charge < -0.3 is 40.3 Å². The van der Waals surface area contributed by atoms with Gasteiger partial charge in [-0.2, -0.15) is 13.6 Å². The van der Waals surface area contributed by atoms with E-state index in [4.69, 9.17) is 23.0 Å². The van der Waals surface area contributed by atoms with Crippen LogP contribution in [0.1, 0.15) is 8.97 Å². The van der Waals surface area contributed by atoms with Gasteiger partial charge in [0.05, 0.1) is 9.30 Å². The predicted molar refractivity (Wildman–Crippen MR) is 105 cm³/mol. The zero-order chi connectivity index (χ0) is 28.4. The molecule has 18 nitrogen and oxygen atoms in total. The Morgan fingerprint density at radius 1 is 1.29 bits per heavy atom. The number of nitrogen functional groups attached to an aromatic ring is 1. The van der Waals surface area contributed by atoms with Crippen molar-refractivity contribution in [2.45, 2.75) is 24.0 Å². The number of hydrogen-bond acceptors (Lipinski definition) is 12. The van der Waals surface area contributed by atoms with E-state index in [0.717, 1.165) is 0 Å². The Morgan fingerprint density at radius 3 is 2.49 bits per heavy atom. The number of phosphoric ester groups is 1. The quantitative estimate of drug-likeness (QED) is 0.162. The molecule has 3 rings (SSSR count). The van der Waals surface area contributed by atoms with E-state index in [9.17, 15) is 47.3 Å². The zero-order valence-corrected chi connectivity index (χ0v) is 19.2. The summed E-state index contributed by atoms with van der Waals surface area (Å²) in [5.74, 6) is -1.86. The fourth-order valence-electron chi connectivity index (χ4n) is 3.00. The van der Waals surface area contributed by atoms with Crippen LogP contribution in [-0.4, -0.2) is 75.4 Å². The molecule has 3 heterocycles. The molecule has 1 aliphatic heterocycles. The largest absolute Gasteiger partial charge is 0.490 e. The van der Waals surface area contributed by atoms with Gasteiger partial charge in [0.25, 0.3) is 5.56 Å². The molecule has 2 aromatic heterocycles. The molecular weight excluding hydrogens is 555 g/mol. The van der Waals surface area contributed by atoms with Crippen LogP contribution in [0.4, 0.5) is 14.7 Å². The standard InChI is InChI=1S/C12H17F2N4O14P3/c13-3-12(21)7(19)5(2-29-34(25,26)32-35(27,28)31-33(22,23)24)30-10(12)18-1-4(14)6-8(18)16-11(15)17-9(6)20/h1,5,7,10,19,21H,2-3H2,(H,25,26)(H,27,28)(H2,22,23,24)(H3,15,16,17,20)/t5-,7+,10-,12?/m1/s1/i2D2. The molecular formula is C12H17F2N4O14P3. The number of H-pyrrole nitrogens is 1. The number of aromatic amines is 1. The van der Waals surface area contributed by atoms with Gasteiger partial charge in [-0.25, -0.2) is 22.5 Å². The lowest BCUT2D eigenvalue weighted by Crippen LogP contribution is -2.49. The lowest BCUT2D eigenvalue weighted by molar-refractivity contribution is -0.118. The van der Waals surface area contributed by atoms with Gasteiger partial charge in [-0.15, -0.1) is 0 Å². The van der Waals surface area contributed by atoms with Crippen LogP contribution >= 0.6 is 23.5 Å². The Bertz CT molecular complexity index is 1420. The van der Waals surface area contributed by atoms with Gasteiger partial charge in [0.2, 0.25) is 5.95 Å². The Hall–Kier alpha value is -1.63. The SMILES string of the molecule is [2H]C([2H])(OP(=O)(O)OP(=O)(O)OP(=O)(O)O)[C@H]1O[C@@H](n2cc(F)c3c(=O)[nH]c(N)nc32)C(O)(CF)[C@H]1O.